The number of anilines is 2. The molecule has 118 valence electrons. The monoisotopic (exact) mass is 319 g/mol. The van der Waals surface area contributed by atoms with Crippen LogP contribution >= 0.6 is 0 Å². The molecule has 0 aliphatic rings. The number of amides is 1. The van der Waals surface area contributed by atoms with Crippen molar-refractivity contribution in [1.82, 2.24) is 10.2 Å². The summed E-state index contributed by atoms with van der Waals surface area (Å²) in [6.07, 6.45) is 1.60. The van der Waals surface area contributed by atoms with Gasteiger partial charge >= 0.3 is 0 Å². The minimum atomic E-state index is -0.371. The highest BCUT2D eigenvalue weighted by Crippen LogP contribution is 2.11. The Bertz CT molecular complexity index is 850. The molecule has 0 spiro atoms. The van der Waals surface area contributed by atoms with Crippen LogP contribution in [0.5, 0.6) is 0 Å². The molecule has 0 saturated heterocycles. The first-order chi connectivity index (χ1) is 11.7. The van der Waals surface area contributed by atoms with E-state index in [9.17, 15) is 4.79 Å². The van der Waals surface area contributed by atoms with E-state index in [1.165, 1.54) is 0 Å². The molecule has 1 aromatic carbocycles. The summed E-state index contributed by atoms with van der Waals surface area (Å²) in [7, 11) is 0. The summed E-state index contributed by atoms with van der Waals surface area (Å²) in [5.74, 6) is 0.950. The second-order valence-corrected chi connectivity index (χ2v) is 4.88. The third-order valence-corrected chi connectivity index (χ3v) is 3.19. The molecule has 24 heavy (non-hydrogen) atoms. The Kier molecular flexibility index (Phi) is 4.49. The number of nitrogens with one attached hydrogen (secondary N) is 2. The largest absolute Gasteiger partial charge is 0.467 e. The summed E-state index contributed by atoms with van der Waals surface area (Å²) in [6.45, 7) is 0.485. The SMILES string of the molecule is N#Cc1ccc(NC(=O)c2ccc(NCc3ccco3)nn2)cc1. The Balaban J connectivity index is 1.59. The van der Waals surface area contributed by atoms with Gasteiger partial charge in [0.1, 0.15) is 11.6 Å². The van der Waals surface area contributed by atoms with Gasteiger partial charge in [-0.05, 0) is 48.5 Å². The van der Waals surface area contributed by atoms with E-state index in [4.69, 9.17) is 9.68 Å². The normalized spacial score (nSPS) is 9.96. The van der Waals surface area contributed by atoms with Crippen molar-refractivity contribution in [3.8, 4) is 6.07 Å². The number of hydrogen-bond donors (Lipinski definition) is 2. The van der Waals surface area contributed by atoms with Gasteiger partial charge in [0.2, 0.25) is 0 Å². The first-order valence-electron chi connectivity index (χ1n) is 7.16. The molecule has 2 heterocycles. The van der Waals surface area contributed by atoms with Gasteiger partial charge in [0.25, 0.3) is 5.91 Å². The second kappa shape index (κ2) is 7.07. The fourth-order valence-corrected chi connectivity index (χ4v) is 1.96. The van der Waals surface area contributed by atoms with E-state index >= 15 is 0 Å². The Hall–Kier alpha value is -3.66. The summed E-state index contributed by atoms with van der Waals surface area (Å²) in [5.41, 5.74) is 1.31. The van der Waals surface area contributed by atoms with Crippen molar-refractivity contribution >= 4 is 17.4 Å². The molecule has 7 heteroatoms. The second-order valence-electron chi connectivity index (χ2n) is 4.88. The van der Waals surface area contributed by atoms with Crippen molar-refractivity contribution < 1.29 is 9.21 Å². The predicted molar refractivity (Wildman–Crippen MR) is 87.2 cm³/mol. The van der Waals surface area contributed by atoms with E-state index < -0.39 is 0 Å². The van der Waals surface area contributed by atoms with E-state index in [0.717, 1.165) is 5.76 Å². The molecule has 2 aromatic heterocycles. The molecule has 0 saturated carbocycles. The molecule has 0 fully saturated rings. The van der Waals surface area contributed by atoms with Gasteiger partial charge in [-0.25, -0.2) is 0 Å². The van der Waals surface area contributed by atoms with Crippen LogP contribution in [0.1, 0.15) is 21.8 Å². The maximum atomic E-state index is 12.1. The maximum absolute atomic E-state index is 12.1. The number of benzene rings is 1. The number of furan rings is 1. The van der Waals surface area contributed by atoms with E-state index in [1.807, 2.05) is 12.1 Å². The van der Waals surface area contributed by atoms with Gasteiger partial charge in [-0.15, -0.1) is 10.2 Å². The number of nitrogens with zero attached hydrogens (tertiary/aromatic N) is 3. The molecule has 0 radical (unpaired) electrons. The lowest BCUT2D eigenvalue weighted by Gasteiger charge is -2.06. The molecule has 1 amide bonds. The molecule has 3 rings (SSSR count). The zero-order chi connectivity index (χ0) is 16.8. The Labute approximate surface area is 137 Å². The number of rotatable bonds is 5. The molecular weight excluding hydrogens is 306 g/mol. The molecule has 0 aliphatic carbocycles. The quantitative estimate of drug-likeness (QED) is 0.749. The Morgan fingerprint density at radius 1 is 1.12 bits per heavy atom. The summed E-state index contributed by atoms with van der Waals surface area (Å²) in [6, 6.07) is 15.5. The fraction of sp³-hybridized carbons (Fsp3) is 0.0588. The molecule has 2 N–H and O–H groups in total. The molecule has 7 nitrogen and oxygen atoms in total. The first kappa shape index (κ1) is 15.2. The third kappa shape index (κ3) is 3.75. The highest BCUT2D eigenvalue weighted by Gasteiger charge is 2.09. The van der Waals surface area contributed by atoms with Crippen LogP contribution in [0.15, 0.2) is 59.2 Å². The van der Waals surface area contributed by atoms with Crippen molar-refractivity contribution in [2.75, 3.05) is 10.6 Å². The minimum Gasteiger partial charge on any atom is -0.467 e. The van der Waals surface area contributed by atoms with Gasteiger partial charge in [-0.2, -0.15) is 5.26 Å². The van der Waals surface area contributed by atoms with Crippen LogP contribution in [0.25, 0.3) is 0 Å². The Morgan fingerprint density at radius 3 is 2.58 bits per heavy atom. The van der Waals surface area contributed by atoms with Crippen LogP contribution in [0, 0.1) is 11.3 Å². The molecule has 0 atom stereocenters. The highest BCUT2D eigenvalue weighted by molar-refractivity contribution is 6.02. The lowest BCUT2D eigenvalue weighted by atomic mass is 10.2. The topological polar surface area (TPSA) is 104 Å². The summed E-state index contributed by atoms with van der Waals surface area (Å²) < 4.78 is 5.21. The maximum Gasteiger partial charge on any atom is 0.276 e. The predicted octanol–water partition coefficient (Wildman–Crippen LogP) is 2.81. The number of carbonyl (C=O) groups excluding carboxylic acids is 1. The van der Waals surface area contributed by atoms with Crippen LogP contribution in [-0.2, 0) is 6.54 Å². The lowest BCUT2D eigenvalue weighted by molar-refractivity contribution is 0.102. The Morgan fingerprint density at radius 2 is 1.96 bits per heavy atom. The number of nitriles is 1. The standard InChI is InChI=1S/C17H13N5O2/c18-10-12-3-5-13(6-4-12)20-17(23)15-7-8-16(22-21-15)19-11-14-2-1-9-24-14/h1-9H,11H2,(H,19,22)(H,20,23). The zero-order valence-electron chi connectivity index (χ0n) is 12.6. The van der Waals surface area contributed by atoms with Crippen LogP contribution in [0.2, 0.25) is 0 Å². The van der Waals surface area contributed by atoms with Crippen LogP contribution in [0.4, 0.5) is 11.5 Å². The van der Waals surface area contributed by atoms with E-state index in [2.05, 4.69) is 20.8 Å². The van der Waals surface area contributed by atoms with Crippen LogP contribution < -0.4 is 10.6 Å². The summed E-state index contributed by atoms with van der Waals surface area (Å²) in [4.78, 5) is 12.1. The fourth-order valence-electron chi connectivity index (χ4n) is 1.96. The van der Waals surface area contributed by atoms with Crippen molar-refractivity contribution in [1.29, 1.82) is 5.26 Å². The van der Waals surface area contributed by atoms with E-state index in [1.54, 1.807) is 48.7 Å². The van der Waals surface area contributed by atoms with Gasteiger partial charge in [0, 0.05) is 5.69 Å². The van der Waals surface area contributed by atoms with E-state index in [-0.39, 0.29) is 11.6 Å². The van der Waals surface area contributed by atoms with Gasteiger partial charge < -0.3 is 15.1 Å². The molecular formula is C17H13N5O2. The van der Waals surface area contributed by atoms with Crippen molar-refractivity contribution in [3.05, 3.63) is 71.8 Å². The van der Waals surface area contributed by atoms with Gasteiger partial charge in [0.15, 0.2) is 5.69 Å². The molecule has 3 aromatic rings. The van der Waals surface area contributed by atoms with Crippen LogP contribution in [0.3, 0.4) is 0 Å². The molecule has 0 bridgehead atoms. The first-order valence-corrected chi connectivity index (χ1v) is 7.16. The lowest BCUT2D eigenvalue weighted by Crippen LogP contribution is -2.14. The van der Waals surface area contributed by atoms with Crippen molar-refractivity contribution in [2.24, 2.45) is 0 Å². The van der Waals surface area contributed by atoms with E-state index in [0.29, 0.717) is 23.6 Å². The van der Waals surface area contributed by atoms with Crippen LogP contribution in [-0.4, -0.2) is 16.1 Å². The number of carbonyl (C=O) groups is 1. The average molecular weight is 319 g/mol. The smallest absolute Gasteiger partial charge is 0.276 e. The highest BCUT2D eigenvalue weighted by atomic mass is 16.3. The van der Waals surface area contributed by atoms with Crippen molar-refractivity contribution in [3.63, 3.8) is 0 Å². The average Bonchev–Trinajstić information content (AvgIpc) is 3.14. The third-order valence-electron chi connectivity index (χ3n) is 3.19. The number of hydrogen-bond acceptors (Lipinski definition) is 6. The molecule has 0 aliphatic heterocycles. The summed E-state index contributed by atoms with van der Waals surface area (Å²) in [5, 5.41) is 22.4. The number of aromatic nitrogens is 2. The summed E-state index contributed by atoms with van der Waals surface area (Å²) >= 11 is 0. The van der Waals surface area contributed by atoms with Gasteiger partial charge in [-0.3, -0.25) is 4.79 Å². The zero-order valence-corrected chi connectivity index (χ0v) is 12.6. The minimum absolute atomic E-state index is 0.197. The van der Waals surface area contributed by atoms with Crippen molar-refractivity contribution in [2.45, 2.75) is 6.54 Å². The van der Waals surface area contributed by atoms with Gasteiger partial charge in [0.05, 0.1) is 24.4 Å². The van der Waals surface area contributed by atoms with Gasteiger partial charge in [-0.1, -0.05) is 0 Å². The molecule has 0 unspecified atom stereocenters.